The second-order valence-corrected chi connectivity index (χ2v) is 6.53. The number of hydrogen-bond donors (Lipinski definition) is 3. The maximum atomic E-state index is 11.7. The van der Waals surface area contributed by atoms with Crippen molar-refractivity contribution in [2.75, 3.05) is 0 Å². The van der Waals surface area contributed by atoms with Crippen LogP contribution in [0.15, 0.2) is 0 Å². The second kappa shape index (κ2) is 5.88. The summed E-state index contributed by atoms with van der Waals surface area (Å²) in [6.07, 6.45) is 1.60. The van der Waals surface area contributed by atoms with Gasteiger partial charge >= 0.3 is 5.97 Å². The van der Waals surface area contributed by atoms with Gasteiger partial charge in [-0.2, -0.15) is 5.26 Å². The van der Waals surface area contributed by atoms with Crippen LogP contribution in [0, 0.1) is 0 Å². The van der Waals surface area contributed by atoms with Crippen LogP contribution < -0.4 is 10.6 Å². The molecule has 0 aromatic heterocycles. The molecular weight excluding hydrogens is 248 g/mol. The van der Waals surface area contributed by atoms with Crippen molar-refractivity contribution in [3.8, 4) is 0 Å². The molecule has 0 radical (unpaired) electrons. The lowest BCUT2D eigenvalue weighted by molar-refractivity contribution is -0.234. The molecule has 0 spiro atoms. The van der Waals surface area contributed by atoms with Gasteiger partial charge in [-0.05, 0) is 40.5 Å². The standard InChI is InChI=1S/C13H24N2O4/c1-12(2)7-9(8-13(3,4)15-12)14-10(16)5-6-11(17)19-18/h9,15,18H,5-8H2,1-4H3,(H,14,16). The number of rotatable bonds is 4. The van der Waals surface area contributed by atoms with E-state index in [1.54, 1.807) is 0 Å². The molecule has 0 saturated carbocycles. The average molecular weight is 272 g/mol. The molecule has 6 nitrogen and oxygen atoms in total. The van der Waals surface area contributed by atoms with E-state index in [1.165, 1.54) is 0 Å². The third-order valence-electron chi connectivity index (χ3n) is 3.21. The molecule has 0 unspecified atom stereocenters. The molecule has 1 aliphatic heterocycles. The van der Waals surface area contributed by atoms with Gasteiger partial charge in [0.15, 0.2) is 0 Å². The fourth-order valence-corrected chi connectivity index (χ4v) is 2.99. The minimum atomic E-state index is -0.791. The fourth-order valence-electron chi connectivity index (χ4n) is 2.99. The van der Waals surface area contributed by atoms with E-state index in [-0.39, 0.29) is 35.9 Å². The van der Waals surface area contributed by atoms with Crippen LogP contribution in [0.2, 0.25) is 0 Å². The van der Waals surface area contributed by atoms with Crippen molar-refractivity contribution < 1.29 is 19.7 Å². The topological polar surface area (TPSA) is 87.7 Å². The molecule has 1 aliphatic rings. The Hall–Kier alpha value is -1.14. The summed E-state index contributed by atoms with van der Waals surface area (Å²) in [6.45, 7) is 8.43. The van der Waals surface area contributed by atoms with Crippen LogP contribution in [0.4, 0.5) is 0 Å². The monoisotopic (exact) mass is 272 g/mol. The molecule has 1 rings (SSSR count). The predicted octanol–water partition coefficient (Wildman–Crippen LogP) is 1.21. The van der Waals surface area contributed by atoms with Crippen LogP contribution in [-0.4, -0.2) is 34.3 Å². The van der Waals surface area contributed by atoms with Crippen LogP contribution in [0.1, 0.15) is 53.4 Å². The van der Waals surface area contributed by atoms with Gasteiger partial charge in [-0.3, -0.25) is 4.79 Å². The van der Waals surface area contributed by atoms with Gasteiger partial charge < -0.3 is 15.5 Å². The molecule has 0 bridgehead atoms. The second-order valence-electron chi connectivity index (χ2n) is 6.53. The Labute approximate surface area is 113 Å². The van der Waals surface area contributed by atoms with Crippen molar-refractivity contribution in [1.29, 1.82) is 0 Å². The lowest BCUT2D eigenvalue weighted by Crippen LogP contribution is -2.62. The van der Waals surface area contributed by atoms with E-state index < -0.39 is 5.97 Å². The highest BCUT2D eigenvalue weighted by Crippen LogP contribution is 2.28. The molecular formula is C13H24N2O4. The smallest absolute Gasteiger partial charge is 0.342 e. The average Bonchev–Trinajstić information content (AvgIpc) is 2.21. The van der Waals surface area contributed by atoms with Gasteiger partial charge in [-0.15, -0.1) is 0 Å². The zero-order valence-corrected chi connectivity index (χ0v) is 12.1. The Bertz CT molecular complexity index is 337. The first kappa shape index (κ1) is 15.9. The Morgan fingerprint density at radius 2 is 1.74 bits per heavy atom. The SMILES string of the molecule is CC1(C)CC(NC(=O)CCC(=O)OO)CC(C)(C)N1. The molecule has 0 atom stereocenters. The quantitative estimate of drug-likeness (QED) is 0.529. The fraction of sp³-hybridized carbons (Fsp3) is 0.846. The lowest BCUT2D eigenvalue weighted by atomic mass is 9.79. The molecule has 0 aliphatic carbocycles. The number of amides is 1. The summed E-state index contributed by atoms with van der Waals surface area (Å²) in [5, 5.41) is 14.6. The highest BCUT2D eigenvalue weighted by molar-refractivity contribution is 5.81. The number of piperidine rings is 1. The molecule has 1 fully saturated rings. The van der Waals surface area contributed by atoms with Gasteiger partial charge in [0.1, 0.15) is 0 Å². The van der Waals surface area contributed by atoms with Crippen LogP contribution in [0.5, 0.6) is 0 Å². The number of nitrogens with one attached hydrogen (secondary N) is 2. The summed E-state index contributed by atoms with van der Waals surface area (Å²) < 4.78 is 0. The van der Waals surface area contributed by atoms with Crippen molar-refractivity contribution in [3.63, 3.8) is 0 Å². The van der Waals surface area contributed by atoms with Gasteiger partial charge in [-0.1, -0.05) is 0 Å². The maximum absolute atomic E-state index is 11.7. The summed E-state index contributed by atoms with van der Waals surface area (Å²) in [4.78, 5) is 26.0. The number of hydrogen-bond acceptors (Lipinski definition) is 5. The van der Waals surface area contributed by atoms with E-state index in [9.17, 15) is 9.59 Å². The zero-order chi connectivity index (χ0) is 14.7. The minimum Gasteiger partial charge on any atom is -0.353 e. The summed E-state index contributed by atoms with van der Waals surface area (Å²) >= 11 is 0. The summed E-state index contributed by atoms with van der Waals surface area (Å²) in [6, 6.07) is 0.0869. The molecule has 1 heterocycles. The molecule has 3 N–H and O–H groups in total. The van der Waals surface area contributed by atoms with Crippen LogP contribution in [-0.2, 0) is 14.5 Å². The molecule has 1 saturated heterocycles. The van der Waals surface area contributed by atoms with Gasteiger partial charge in [0.2, 0.25) is 5.91 Å². The normalized spacial score (nSPS) is 21.7. The van der Waals surface area contributed by atoms with Crippen molar-refractivity contribution >= 4 is 11.9 Å². The molecule has 6 heteroatoms. The molecule has 1 amide bonds. The van der Waals surface area contributed by atoms with E-state index in [0.29, 0.717) is 0 Å². The third kappa shape index (κ3) is 5.57. The van der Waals surface area contributed by atoms with E-state index in [4.69, 9.17) is 5.26 Å². The first-order chi connectivity index (χ1) is 8.63. The molecule has 19 heavy (non-hydrogen) atoms. The van der Waals surface area contributed by atoms with E-state index in [1.807, 2.05) is 0 Å². The maximum Gasteiger partial charge on any atom is 0.342 e. The van der Waals surface area contributed by atoms with Gasteiger partial charge in [0.25, 0.3) is 0 Å². The van der Waals surface area contributed by atoms with E-state index >= 15 is 0 Å². The van der Waals surface area contributed by atoms with Crippen molar-refractivity contribution in [2.24, 2.45) is 0 Å². The predicted molar refractivity (Wildman–Crippen MR) is 70.4 cm³/mol. The Morgan fingerprint density at radius 3 is 2.21 bits per heavy atom. The molecule has 0 aromatic carbocycles. The van der Waals surface area contributed by atoms with E-state index in [0.717, 1.165) is 12.8 Å². The third-order valence-corrected chi connectivity index (χ3v) is 3.21. The van der Waals surface area contributed by atoms with Crippen molar-refractivity contribution in [3.05, 3.63) is 0 Å². The first-order valence-electron chi connectivity index (χ1n) is 6.56. The van der Waals surface area contributed by atoms with Crippen molar-refractivity contribution in [1.82, 2.24) is 10.6 Å². The van der Waals surface area contributed by atoms with Crippen LogP contribution in [0.3, 0.4) is 0 Å². The molecule has 0 aromatic rings. The van der Waals surface area contributed by atoms with Crippen LogP contribution >= 0.6 is 0 Å². The van der Waals surface area contributed by atoms with Gasteiger partial charge in [0.05, 0.1) is 6.42 Å². The molecule has 110 valence electrons. The Kier molecular flexibility index (Phi) is 4.92. The van der Waals surface area contributed by atoms with Gasteiger partial charge in [-0.25, -0.2) is 4.79 Å². The summed E-state index contributed by atoms with van der Waals surface area (Å²) in [5.74, 6) is -0.981. The van der Waals surface area contributed by atoms with Crippen LogP contribution in [0.25, 0.3) is 0 Å². The lowest BCUT2D eigenvalue weighted by Gasteiger charge is -2.46. The van der Waals surface area contributed by atoms with E-state index in [2.05, 4.69) is 43.2 Å². The Morgan fingerprint density at radius 1 is 1.21 bits per heavy atom. The van der Waals surface area contributed by atoms with Crippen molar-refractivity contribution in [2.45, 2.75) is 70.5 Å². The Balaban J connectivity index is 2.47. The number of carbonyl (C=O) groups excluding carboxylic acids is 2. The highest BCUT2D eigenvalue weighted by atomic mass is 17.1. The minimum absolute atomic E-state index is 0.0319. The first-order valence-corrected chi connectivity index (χ1v) is 6.56. The zero-order valence-electron chi connectivity index (χ0n) is 12.1. The summed E-state index contributed by atoms with van der Waals surface area (Å²) in [7, 11) is 0. The number of carbonyl (C=O) groups is 2. The van der Waals surface area contributed by atoms with Gasteiger partial charge in [0, 0.05) is 23.5 Å². The summed E-state index contributed by atoms with van der Waals surface area (Å²) in [5.41, 5.74) is -0.0759. The highest BCUT2D eigenvalue weighted by Gasteiger charge is 2.38. The largest absolute Gasteiger partial charge is 0.353 e.